The van der Waals surface area contributed by atoms with E-state index in [0.717, 1.165) is 18.7 Å². The van der Waals surface area contributed by atoms with Crippen LogP contribution in [-0.4, -0.2) is 55.0 Å². The van der Waals surface area contributed by atoms with E-state index >= 15 is 0 Å². The number of rotatable bonds is 4. The van der Waals surface area contributed by atoms with Crippen LogP contribution in [0.3, 0.4) is 0 Å². The second-order valence-corrected chi connectivity index (χ2v) is 7.44. The van der Waals surface area contributed by atoms with Gasteiger partial charge in [0.15, 0.2) is 6.54 Å². The van der Waals surface area contributed by atoms with E-state index in [9.17, 15) is 14.0 Å². The van der Waals surface area contributed by atoms with Gasteiger partial charge in [0.2, 0.25) is 5.91 Å². The molecule has 6 heteroatoms. The van der Waals surface area contributed by atoms with Gasteiger partial charge in [-0.15, -0.1) is 0 Å². The van der Waals surface area contributed by atoms with Gasteiger partial charge in [-0.1, -0.05) is 12.1 Å². The third-order valence-corrected chi connectivity index (χ3v) is 4.00. The molecule has 1 aliphatic rings. The lowest BCUT2D eigenvalue weighted by Gasteiger charge is -2.32. The fourth-order valence-corrected chi connectivity index (χ4v) is 2.76. The minimum Gasteiger partial charge on any atom is -0.347 e. The number of carbonyl (C=O) groups excluding carboxylic acids is 2. The summed E-state index contributed by atoms with van der Waals surface area (Å²) in [4.78, 5) is 27.2. The van der Waals surface area contributed by atoms with E-state index in [4.69, 9.17) is 0 Å². The van der Waals surface area contributed by atoms with E-state index in [-0.39, 0.29) is 23.2 Å². The van der Waals surface area contributed by atoms with E-state index in [1.165, 1.54) is 23.1 Å². The molecule has 2 N–H and O–H groups in total. The molecule has 0 radical (unpaired) electrons. The number of nitrogens with zero attached hydrogens (tertiary/aromatic N) is 1. The number of hydrogen-bond acceptors (Lipinski definition) is 2. The first kappa shape index (κ1) is 19.1. The molecule has 0 saturated carbocycles. The van der Waals surface area contributed by atoms with Crippen LogP contribution in [-0.2, 0) is 9.59 Å². The lowest BCUT2D eigenvalue weighted by atomic mass is 10.1. The van der Waals surface area contributed by atoms with Crippen molar-refractivity contribution < 1.29 is 18.9 Å². The minimum atomic E-state index is -0.293. The summed E-state index contributed by atoms with van der Waals surface area (Å²) in [6.45, 7) is 9.10. The number of carbonyl (C=O) groups is 2. The molecule has 2 rings (SSSR count). The van der Waals surface area contributed by atoms with Crippen molar-refractivity contribution in [1.82, 2.24) is 10.2 Å². The minimum absolute atomic E-state index is 0.0403. The molecule has 25 heavy (non-hydrogen) atoms. The molecule has 0 aliphatic carbocycles. The van der Waals surface area contributed by atoms with Crippen LogP contribution in [0.15, 0.2) is 30.3 Å². The SMILES string of the molecule is CC(C)(C)NC(=O)C[NH+]1CCN(C(=O)/C=C/c2ccc(F)cc2)CC1. The molecular formula is C19H27FN3O2+. The first-order valence-corrected chi connectivity index (χ1v) is 8.60. The van der Waals surface area contributed by atoms with Crippen LogP contribution in [0.1, 0.15) is 26.3 Å². The number of amides is 2. The highest BCUT2D eigenvalue weighted by molar-refractivity contribution is 5.91. The number of hydrogen-bond donors (Lipinski definition) is 2. The van der Waals surface area contributed by atoms with Gasteiger partial charge in [-0.2, -0.15) is 0 Å². The molecule has 1 heterocycles. The summed E-state index contributed by atoms with van der Waals surface area (Å²) >= 11 is 0. The van der Waals surface area contributed by atoms with E-state index in [1.54, 1.807) is 23.1 Å². The molecule has 2 amide bonds. The van der Waals surface area contributed by atoms with Gasteiger partial charge in [-0.3, -0.25) is 9.59 Å². The zero-order valence-corrected chi connectivity index (χ0v) is 15.1. The lowest BCUT2D eigenvalue weighted by molar-refractivity contribution is -0.896. The van der Waals surface area contributed by atoms with Crippen LogP contribution >= 0.6 is 0 Å². The monoisotopic (exact) mass is 348 g/mol. The van der Waals surface area contributed by atoms with Crippen LogP contribution in [0.4, 0.5) is 4.39 Å². The van der Waals surface area contributed by atoms with E-state index in [1.807, 2.05) is 20.8 Å². The van der Waals surface area contributed by atoms with Gasteiger partial charge in [-0.25, -0.2) is 4.39 Å². The number of benzene rings is 1. The highest BCUT2D eigenvalue weighted by Crippen LogP contribution is 2.05. The standard InChI is InChI=1S/C19H26FN3O2/c1-19(2,3)21-17(24)14-22-10-12-23(13-11-22)18(25)9-6-15-4-7-16(20)8-5-15/h4-9H,10-14H2,1-3H3,(H,21,24)/p+1/b9-6+. The van der Waals surface area contributed by atoms with Crippen molar-refractivity contribution in [3.63, 3.8) is 0 Å². The second-order valence-electron chi connectivity index (χ2n) is 7.44. The highest BCUT2D eigenvalue weighted by Gasteiger charge is 2.25. The molecule has 1 aromatic rings. The number of piperazine rings is 1. The van der Waals surface area contributed by atoms with Crippen molar-refractivity contribution in [3.8, 4) is 0 Å². The largest absolute Gasteiger partial charge is 0.347 e. The Labute approximate surface area is 148 Å². The lowest BCUT2D eigenvalue weighted by Crippen LogP contribution is -3.16. The molecule has 1 saturated heterocycles. The van der Waals surface area contributed by atoms with E-state index < -0.39 is 0 Å². The van der Waals surface area contributed by atoms with Crippen LogP contribution in [0.2, 0.25) is 0 Å². The Morgan fingerprint density at radius 3 is 2.36 bits per heavy atom. The van der Waals surface area contributed by atoms with Crippen molar-refractivity contribution in [2.75, 3.05) is 32.7 Å². The molecule has 1 fully saturated rings. The van der Waals surface area contributed by atoms with Crippen molar-refractivity contribution in [2.45, 2.75) is 26.3 Å². The summed E-state index contributed by atoms with van der Waals surface area (Å²) in [6, 6.07) is 6.01. The average molecular weight is 348 g/mol. The Hall–Kier alpha value is -2.21. The third kappa shape index (κ3) is 6.66. The molecular weight excluding hydrogens is 321 g/mol. The second kappa shape index (κ2) is 8.25. The Morgan fingerprint density at radius 2 is 1.80 bits per heavy atom. The summed E-state index contributed by atoms with van der Waals surface area (Å²) in [7, 11) is 0. The summed E-state index contributed by atoms with van der Waals surface area (Å²) in [5, 5.41) is 2.96. The molecule has 5 nitrogen and oxygen atoms in total. The molecule has 136 valence electrons. The third-order valence-electron chi connectivity index (χ3n) is 4.00. The van der Waals surface area contributed by atoms with Crippen LogP contribution < -0.4 is 10.2 Å². The fraction of sp³-hybridized carbons (Fsp3) is 0.474. The maximum atomic E-state index is 12.9. The highest BCUT2D eigenvalue weighted by atomic mass is 19.1. The predicted octanol–water partition coefficient (Wildman–Crippen LogP) is 0.481. The number of quaternary nitrogens is 1. The zero-order valence-electron chi connectivity index (χ0n) is 15.1. The smallest absolute Gasteiger partial charge is 0.275 e. The van der Waals surface area contributed by atoms with Gasteiger partial charge in [-0.05, 0) is 44.5 Å². The van der Waals surface area contributed by atoms with Gasteiger partial charge in [0.25, 0.3) is 5.91 Å². The Kier molecular flexibility index (Phi) is 6.31. The average Bonchev–Trinajstić information content (AvgIpc) is 2.53. The molecule has 0 aromatic heterocycles. The summed E-state index contributed by atoms with van der Waals surface area (Å²) in [5.41, 5.74) is 0.567. The molecule has 0 unspecified atom stereocenters. The van der Waals surface area contributed by atoms with Crippen molar-refractivity contribution in [1.29, 1.82) is 0 Å². The predicted molar refractivity (Wildman–Crippen MR) is 95.5 cm³/mol. The van der Waals surface area contributed by atoms with Crippen LogP contribution in [0.5, 0.6) is 0 Å². The van der Waals surface area contributed by atoms with Crippen LogP contribution in [0, 0.1) is 5.82 Å². The maximum Gasteiger partial charge on any atom is 0.275 e. The van der Waals surface area contributed by atoms with Gasteiger partial charge in [0.1, 0.15) is 5.82 Å². The van der Waals surface area contributed by atoms with Gasteiger partial charge < -0.3 is 15.1 Å². The maximum absolute atomic E-state index is 12.9. The fourth-order valence-electron chi connectivity index (χ4n) is 2.76. The first-order chi connectivity index (χ1) is 11.7. The summed E-state index contributed by atoms with van der Waals surface area (Å²) in [6.07, 6.45) is 3.21. The van der Waals surface area contributed by atoms with Gasteiger partial charge >= 0.3 is 0 Å². The Balaban J connectivity index is 1.78. The zero-order chi connectivity index (χ0) is 18.4. The molecule has 1 aromatic carbocycles. The van der Waals surface area contributed by atoms with E-state index in [2.05, 4.69) is 5.32 Å². The normalized spacial score (nSPS) is 16.2. The summed E-state index contributed by atoms with van der Waals surface area (Å²) < 4.78 is 12.9. The quantitative estimate of drug-likeness (QED) is 0.778. The Bertz CT molecular complexity index is 627. The first-order valence-electron chi connectivity index (χ1n) is 8.60. The molecule has 1 aliphatic heterocycles. The van der Waals surface area contributed by atoms with Gasteiger partial charge in [0.05, 0.1) is 26.2 Å². The van der Waals surface area contributed by atoms with Gasteiger partial charge in [0, 0.05) is 11.6 Å². The number of halogens is 1. The number of nitrogens with one attached hydrogen (secondary N) is 2. The van der Waals surface area contributed by atoms with Crippen molar-refractivity contribution in [3.05, 3.63) is 41.7 Å². The molecule has 0 spiro atoms. The summed E-state index contributed by atoms with van der Waals surface area (Å²) in [5.74, 6) is -0.306. The Morgan fingerprint density at radius 1 is 1.20 bits per heavy atom. The molecule has 0 bridgehead atoms. The van der Waals surface area contributed by atoms with Crippen molar-refractivity contribution in [2.24, 2.45) is 0 Å². The van der Waals surface area contributed by atoms with Crippen molar-refractivity contribution >= 4 is 17.9 Å². The topological polar surface area (TPSA) is 53.9 Å². The molecule has 0 atom stereocenters. The van der Waals surface area contributed by atoms with Crippen LogP contribution in [0.25, 0.3) is 6.08 Å². The van der Waals surface area contributed by atoms with E-state index in [0.29, 0.717) is 19.6 Å².